The van der Waals surface area contributed by atoms with E-state index in [0.717, 1.165) is 24.7 Å². The highest BCUT2D eigenvalue weighted by Gasteiger charge is 2.70. The summed E-state index contributed by atoms with van der Waals surface area (Å²) in [5.74, 6) is -0.314. The second-order valence-electron chi connectivity index (χ2n) is 10.3. The summed E-state index contributed by atoms with van der Waals surface area (Å²) in [5.41, 5.74) is -0.489. The zero-order valence-corrected chi connectivity index (χ0v) is 15.1. The number of rotatable bonds is 0. The summed E-state index contributed by atoms with van der Waals surface area (Å²) >= 11 is 0. The maximum atomic E-state index is 13.2. The Balaban J connectivity index is 1.83. The van der Waals surface area contributed by atoms with E-state index in [9.17, 15) is 15.0 Å². The summed E-state index contributed by atoms with van der Waals surface area (Å²) < 4.78 is 0. The van der Waals surface area contributed by atoms with Crippen molar-refractivity contribution in [2.75, 3.05) is 0 Å². The molecule has 3 nitrogen and oxygen atoms in total. The standard InChI is InChI=1S/C20H32O3/c1-12-10-19-7-5-13(12)9-15(19)18(4)14(6-8-19)17(2,3)11-20(22,23)16(18)21/h12-15,22-23H,5-11H2,1-4H3/t12-,13-,14+,15-,18+,19+/m1/s1. The third-order valence-electron chi connectivity index (χ3n) is 8.70. The molecule has 1 spiro atoms. The van der Waals surface area contributed by atoms with Gasteiger partial charge in [0.25, 0.3) is 0 Å². The molecule has 5 aliphatic carbocycles. The zero-order chi connectivity index (χ0) is 16.8. The van der Waals surface area contributed by atoms with Crippen molar-refractivity contribution < 1.29 is 15.0 Å². The number of ketones is 1. The van der Waals surface area contributed by atoms with E-state index in [-0.39, 0.29) is 29.0 Å². The predicted octanol–water partition coefficient (Wildman–Crippen LogP) is 3.53. The fraction of sp³-hybridized carbons (Fsp3) is 0.950. The molecule has 6 atom stereocenters. The van der Waals surface area contributed by atoms with Gasteiger partial charge in [-0.05, 0) is 73.0 Å². The first-order valence-corrected chi connectivity index (χ1v) is 9.53. The van der Waals surface area contributed by atoms with Crippen LogP contribution in [-0.4, -0.2) is 21.8 Å². The van der Waals surface area contributed by atoms with Gasteiger partial charge in [-0.1, -0.05) is 27.7 Å². The van der Waals surface area contributed by atoms with E-state index in [1.54, 1.807) is 0 Å². The van der Waals surface area contributed by atoms with Crippen LogP contribution in [0.15, 0.2) is 0 Å². The maximum absolute atomic E-state index is 13.2. The normalized spacial score (nSPS) is 53.6. The van der Waals surface area contributed by atoms with Crippen molar-refractivity contribution >= 4 is 5.78 Å². The first kappa shape index (κ1) is 16.1. The average Bonchev–Trinajstić information content (AvgIpc) is 2.43. The quantitative estimate of drug-likeness (QED) is 0.671. The van der Waals surface area contributed by atoms with Crippen LogP contribution >= 0.6 is 0 Å². The highest BCUT2D eigenvalue weighted by molar-refractivity contribution is 5.92. The Morgan fingerprint density at radius 3 is 2.35 bits per heavy atom. The molecule has 2 N–H and O–H groups in total. The van der Waals surface area contributed by atoms with Crippen LogP contribution < -0.4 is 0 Å². The molecule has 5 fully saturated rings. The zero-order valence-electron chi connectivity index (χ0n) is 15.1. The van der Waals surface area contributed by atoms with Gasteiger partial charge in [0, 0.05) is 11.8 Å². The van der Waals surface area contributed by atoms with Crippen molar-refractivity contribution in [1.29, 1.82) is 0 Å². The topological polar surface area (TPSA) is 57.5 Å². The van der Waals surface area contributed by atoms with E-state index in [0.29, 0.717) is 5.92 Å². The van der Waals surface area contributed by atoms with Crippen molar-refractivity contribution in [2.24, 2.45) is 39.9 Å². The Hall–Kier alpha value is -0.410. The first-order chi connectivity index (χ1) is 10.5. The second-order valence-corrected chi connectivity index (χ2v) is 10.3. The highest BCUT2D eigenvalue weighted by Crippen LogP contribution is 2.71. The van der Waals surface area contributed by atoms with Gasteiger partial charge in [0.05, 0.1) is 0 Å². The van der Waals surface area contributed by atoms with Gasteiger partial charge in [-0.25, -0.2) is 0 Å². The van der Waals surface area contributed by atoms with Crippen LogP contribution in [-0.2, 0) is 4.79 Å². The summed E-state index contributed by atoms with van der Waals surface area (Å²) in [6, 6.07) is 0. The number of carbonyl (C=O) groups is 1. The third-order valence-corrected chi connectivity index (χ3v) is 8.70. The molecule has 0 heterocycles. The van der Waals surface area contributed by atoms with E-state index in [1.807, 2.05) is 0 Å². The smallest absolute Gasteiger partial charge is 0.225 e. The van der Waals surface area contributed by atoms with E-state index in [4.69, 9.17) is 0 Å². The lowest BCUT2D eigenvalue weighted by atomic mass is 9.35. The van der Waals surface area contributed by atoms with Crippen LogP contribution in [0.2, 0.25) is 0 Å². The first-order valence-electron chi connectivity index (χ1n) is 9.53. The molecule has 23 heavy (non-hydrogen) atoms. The minimum Gasteiger partial charge on any atom is -0.360 e. The molecular weight excluding hydrogens is 288 g/mol. The third kappa shape index (κ3) is 1.87. The molecule has 0 aromatic heterocycles. The van der Waals surface area contributed by atoms with Crippen LogP contribution in [0.5, 0.6) is 0 Å². The largest absolute Gasteiger partial charge is 0.360 e. The highest BCUT2D eigenvalue weighted by atomic mass is 16.5. The van der Waals surface area contributed by atoms with E-state index < -0.39 is 11.2 Å². The Labute approximate surface area is 139 Å². The monoisotopic (exact) mass is 320 g/mol. The molecule has 5 aliphatic rings. The number of hydrogen-bond donors (Lipinski definition) is 2. The van der Waals surface area contributed by atoms with Gasteiger partial charge < -0.3 is 10.2 Å². The fourth-order valence-electron chi connectivity index (χ4n) is 7.93. The molecule has 0 radical (unpaired) electrons. The van der Waals surface area contributed by atoms with E-state index in [2.05, 4.69) is 27.7 Å². The number of hydrogen-bond acceptors (Lipinski definition) is 3. The van der Waals surface area contributed by atoms with Gasteiger partial charge in [-0.2, -0.15) is 0 Å². The van der Waals surface area contributed by atoms with E-state index >= 15 is 0 Å². The van der Waals surface area contributed by atoms with Gasteiger partial charge >= 0.3 is 0 Å². The number of carbonyl (C=O) groups excluding carboxylic acids is 1. The van der Waals surface area contributed by atoms with Gasteiger partial charge in [-0.3, -0.25) is 4.79 Å². The van der Waals surface area contributed by atoms with Crippen LogP contribution in [0.4, 0.5) is 0 Å². The lowest BCUT2D eigenvalue weighted by Crippen LogP contribution is -2.69. The minimum absolute atomic E-state index is 0.179. The number of aliphatic hydroxyl groups is 2. The average molecular weight is 320 g/mol. The number of Topliss-reactive ketones (excluding diaryl/α,β-unsaturated/α-hetero) is 1. The SMILES string of the molecule is C[C@@H]1C[C@@]23CC[C@@H]1C[C@@H]2[C@@]1(C)C(=O)C(O)(O)CC(C)(C)[C@@H]1CC3. The minimum atomic E-state index is -2.14. The molecule has 2 bridgehead atoms. The van der Waals surface area contributed by atoms with Crippen molar-refractivity contribution in [3.8, 4) is 0 Å². The summed E-state index contributed by atoms with van der Waals surface area (Å²) in [5, 5.41) is 21.0. The summed E-state index contributed by atoms with van der Waals surface area (Å²) in [6.07, 6.45) is 7.38. The van der Waals surface area contributed by atoms with Crippen molar-refractivity contribution in [1.82, 2.24) is 0 Å². The van der Waals surface area contributed by atoms with Crippen LogP contribution in [0.3, 0.4) is 0 Å². The lowest BCUT2D eigenvalue weighted by Gasteiger charge is -2.68. The number of fused-ring (bicyclic) bond motifs is 3. The van der Waals surface area contributed by atoms with Crippen molar-refractivity contribution in [2.45, 2.75) is 78.4 Å². The summed E-state index contributed by atoms with van der Waals surface area (Å²) in [4.78, 5) is 13.2. The Kier molecular flexibility index (Phi) is 3.08. The van der Waals surface area contributed by atoms with Crippen molar-refractivity contribution in [3.63, 3.8) is 0 Å². The fourth-order valence-corrected chi connectivity index (χ4v) is 7.93. The second kappa shape index (κ2) is 4.40. The molecule has 0 aromatic rings. The van der Waals surface area contributed by atoms with Gasteiger partial charge in [0.1, 0.15) is 0 Å². The van der Waals surface area contributed by atoms with Crippen molar-refractivity contribution in [3.05, 3.63) is 0 Å². The predicted molar refractivity (Wildman–Crippen MR) is 88.4 cm³/mol. The van der Waals surface area contributed by atoms with E-state index in [1.165, 1.54) is 25.7 Å². The van der Waals surface area contributed by atoms with Gasteiger partial charge in [0.15, 0.2) is 5.78 Å². The Morgan fingerprint density at radius 1 is 1.04 bits per heavy atom. The molecule has 0 aromatic carbocycles. The Morgan fingerprint density at radius 2 is 1.70 bits per heavy atom. The molecule has 0 aliphatic heterocycles. The molecular formula is C20H32O3. The lowest BCUT2D eigenvalue weighted by molar-refractivity contribution is -0.257. The molecule has 5 rings (SSSR count). The molecule has 0 amide bonds. The molecule has 130 valence electrons. The van der Waals surface area contributed by atoms with Crippen LogP contribution in [0.25, 0.3) is 0 Å². The summed E-state index contributed by atoms with van der Waals surface area (Å²) in [6.45, 7) is 8.72. The van der Waals surface area contributed by atoms with Crippen LogP contribution in [0, 0.1) is 39.9 Å². The Bertz CT molecular complexity index is 551. The van der Waals surface area contributed by atoms with Crippen LogP contribution in [0.1, 0.15) is 72.6 Å². The molecule has 0 unspecified atom stereocenters. The maximum Gasteiger partial charge on any atom is 0.225 e. The molecule has 5 saturated carbocycles. The van der Waals surface area contributed by atoms with Gasteiger partial charge in [0.2, 0.25) is 5.79 Å². The van der Waals surface area contributed by atoms with Gasteiger partial charge in [-0.15, -0.1) is 0 Å². The molecule has 0 saturated heterocycles. The molecule has 3 heteroatoms. The summed E-state index contributed by atoms with van der Waals surface area (Å²) in [7, 11) is 0.